The second-order valence-corrected chi connectivity index (χ2v) is 5.97. The molecule has 0 aliphatic carbocycles. The van der Waals surface area contributed by atoms with Crippen molar-refractivity contribution >= 4 is 29.7 Å². The van der Waals surface area contributed by atoms with E-state index in [4.69, 9.17) is 5.11 Å². The van der Waals surface area contributed by atoms with Gasteiger partial charge in [-0.25, -0.2) is 9.78 Å². The monoisotopic (exact) mass is 289 g/mol. The number of aliphatic carboxylic acids is 1. The van der Waals surface area contributed by atoms with Crippen LogP contribution in [0, 0.1) is 0 Å². The molecule has 4 heterocycles. The Balaban J connectivity index is 1.61. The molecule has 102 valence electrons. The van der Waals surface area contributed by atoms with Crippen LogP contribution in [-0.2, 0) is 16.1 Å². The fraction of sp³-hybridized carbons (Fsp3) is 0.308. The maximum Gasteiger partial charge on any atom is 0.352 e. The molecule has 3 aliphatic heterocycles. The summed E-state index contributed by atoms with van der Waals surface area (Å²) in [5, 5.41) is 9.99. The van der Waals surface area contributed by atoms with E-state index in [9.17, 15) is 9.59 Å². The predicted molar refractivity (Wildman–Crippen MR) is 71.9 cm³/mol. The van der Waals surface area contributed by atoms with E-state index < -0.39 is 5.97 Å². The van der Waals surface area contributed by atoms with Crippen molar-refractivity contribution in [3.63, 3.8) is 0 Å². The average molecular weight is 289 g/mol. The van der Waals surface area contributed by atoms with Gasteiger partial charge in [0.05, 0.1) is 11.7 Å². The number of aryl methyl sites for hydroxylation is 1. The Labute approximate surface area is 118 Å². The van der Waals surface area contributed by atoms with Crippen molar-refractivity contribution in [1.29, 1.82) is 0 Å². The first-order valence-corrected chi connectivity index (χ1v) is 7.32. The number of carboxylic acid groups (broad SMARTS) is 1. The molecule has 0 bridgehead atoms. The Morgan fingerprint density at radius 2 is 2.40 bits per heavy atom. The second kappa shape index (κ2) is 3.99. The Hall–Kier alpha value is -2.02. The van der Waals surface area contributed by atoms with Crippen molar-refractivity contribution in [2.24, 2.45) is 0 Å². The van der Waals surface area contributed by atoms with Gasteiger partial charge in [0, 0.05) is 24.1 Å². The molecule has 6 nitrogen and oxygen atoms in total. The zero-order valence-corrected chi connectivity index (χ0v) is 11.3. The number of hydrogen-bond donors (Lipinski definition) is 1. The van der Waals surface area contributed by atoms with Gasteiger partial charge in [0.2, 0.25) is 0 Å². The third-order valence-electron chi connectivity index (χ3n) is 3.77. The third kappa shape index (κ3) is 1.49. The van der Waals surface area contributed by atoms with Gasteiger partial charge in [-0.3, -0.25) is 9.69 Å². The Morgan fingerprint density at radius 3 is 3.15 bits per heavy atom. The summed E-state index contributed by atoms with van der Waals surface area (Å²) in [7, 11) is 0. The van der Waals surface area contributed by atoms with Gasteiger partial charge in [-0.2, -0.15) is 0 Å². The number of aromatic nitrogens is 2. The highest BCUT2D eigenvalue weighted by Crippen LogP contribution is 2.39. The number of imidazole rings is 1. The summed E-state index contributed by atoms with van der Waals surface area (Å²) < 4.78 is 2.08. The van der Waals surface area contributed by atoms with Crippen molar-refractivity contribution in [1.82, 2.24) is 14.5 Å². The molecule has 0 spiro atoms. The summed E-state index contributed by atoms with van der Waals surface area (Å²) in [6.45, 7) is 0.949. The molecular weight excluding hydrogens is 278 g/mol. The topological polar surface area (TPSA) is 75.4 Å². The smallest absolute Gasteiger partial charge is 0.352 e. The zero-order valence-electron chi connectivity index (χ0n) is 10.4. The van der Waals surface area contributed by atoms with Crippen LogP contribution < -0.4 is 0 Å². The molecule has 1 unspecified atom stereocenters. The van der Waals surface area contributed by atoms with E-state index in [0.717, 1.165) is 23.1 Å². The molecule has 3 aliphatic rings. The summed E-state index contributed by atoms with van der Waals surface area (Å²) in [6.07, 6.45) is 5.91. The van der Waals surface area contributed by atoms with Crippen molar-refractivity contribution in [3.05, 3.63) is 29.2 Å². The highest BCUT2D eigenvalue weighted by Gasteiger charge is 2.48. The van der Waals surface area contributed by atoms with E-state index >= 15 is 0 Å². The van der Waals surface area contributed by atoms with E-state index in [1.807, 2.05) is 6.20 Å². The molecule has 0 radical (unpaired) electrons. The fourth-order valence-electron chi connectivity index (χ4n) is 2.83. The molecule has 0 saturated carbocycles. The van der Waals surface area contributed by atoms with Gasteiger partial charge in [0.25, 0.3) is 5.91 Å². The van der Waals surface area contributed by atoms with Gasteiger partial charge in [0.1, 0.15) is 5.70 Å². The van der Waals surface area contributed by atoms with E-state index in [1.165, 1.54) is 4.90 Å². The molecule has 1 fully saturated rings. The first-order chi connectivity index (χ1) is 9.65. The molecule has 1 N–H and O–H groups in total. The Bertz CT molecular complexity index is 682. The standard InChI is InChI=1S/C13H11N3O3S/c17-11-8(9-1-2-10(12(18)19)16(9)11)5-7-6-15-3-4-20-13(15)14-7/h2,5-6,9H,1,3-4H2,(H,18,19)/b8-5+. The van der Waals surface area contributed by atoms with Crippen LogP contribution in [0.3, 0.4) is 0 Å². The second-order valence-electron chi connectivity index (χ2n) is 4.91. The van der Waals surface area contributed by atoms with Crippen molar-refractivity contribution in [2.75, 3.05) is 5.75 Å². The Morgan fingerprint density at radius 1 is 1.55 bits per heavy atom. The number of amides is 1. The first kappa shape index (κ1) is 11.8. The molecule has 20 heavy (non-hydrogen) atoms. The molecule has 1 saturated heterocycles. The summed E-state index contributed by atoms with van der Waals surface area (Å²) in [4.78, 5) is 28.9. The predicted octanol–water partition coefficient (Wildman–Crippen LogP) is 0.955. The van der Waals surface area contributed by atoms with Crippen LogP contribution in [0.25, 0.3) is 6.08 Å². The van der Waals surface area contributed by atoms with Gasteiger partial charge in [-0.05, 0) is 12.5 Å². The van der Waals surface area contributed by atoms with Crippen LogP contribution in [0.4, 0.5) is 0 Å². The minimum atomic E-state index is -1.04. The minimum Gasteiger partial charge on any atom is -0.477 e. The molecule has 4 rings (SSSR count). The number of hydrogen-bond acceptors (Lipinski definition) is 4. The van der Waals surface area contributed by atoms with E-state index in [1.54, 1.807) is 23.9 Å². The van der Waals surface area contributed by atoms with Crippen LogP contribution in [0.1, 0.15) is 12.1 Å². The van der Waals surface area contributed by atoms with E-state index in [0.29, 0.717) is 12.0 Å². The maximum atomic E-state index is 12.1. The highest BCUT2D eigenvalue weighted by molar-refractivity contribution is 7.99. The summed E-state index contributed by atoms with van der Waals surface area (Å²) in [5.41, 5.74) is 1.53. The lowest BCUT2D eigenvalue weighted by molar-refractivity contribution is -0.142. The lowest BCUT2D eigenvalue weighted by atomic mass is 9.94. The van der Waals surface area contributed by atoms with Crippen LogP contribution in [0.5, 0.6) is 0 Å². The maximum absolute atomic E-state index is 12.1. The molecule has 1 aromatic rings. The average Bonchev–Trinajstić information content (AvgIpc) is 3.07. The molecule has 1 amide bonds. The van der Waals surface area contributed by atoms with Crippen LogP contribution >= 0.6 is 11.8 Å². The fourth-order valence-corrected chi connectivity index (χ4v) is 3.78. The van der Waals surface area contributed by atoms with Crippen LogP contribution in [0.15, 0.2) is 28.7 Å². The summed E-state index contributed by atoms with van der Waals surface area (Å²) >= 11 is 1.71. The highest BCUT2D eigenvalue weighted by atomic mass is 32.2. The van der Waals surface area contributed by atoms with Crippen molar-refractivity contribution in [3.8, 4) is 0 Å². The number of fused-ring (bicyclic) bond motifs is 2. The van der Waals surface area contributed by atoms with E-state index in [2.05, 4.69) is 9.55 Å². The van der Waals surface area contributed by atoms with Gasteiger partial charge in [-0.1, -0.05) is 17.8 Å². The van der Waals surface area contributed by atoms with Crippen LogP contribution in [0.2, 0.25) is 0 Å². The van der Waals surface area contributed by atoms with Crippen molar-refractivity contribution in [2.45, 2.75) is 24.2 Å². The lowest BCUT2D eigenvalue weighted by Crippen LogP contribution is -2.52. The first-order valence-electron chi connectivity index (χ1n) is 6.34. The SMILES string of the molecule is O=C(O)C1=CCC2/C(=C\c3cn4c(n3)SCC4)C(=O)N12. The number of carbonyl (C=O) groups excluding carboxylic acids is 1. The number of β-lactam (4-membered cyclic amide) rings is 1. The van der Waals surface area contributed by atoms with E-state index in [-0.39, 0.29) is 17.6 Å². The number of thioether (sulfide) groups is 1. The van der Waals surface area contributed by atoms with Gasteiger partial charge in [0.15, 0.2) is 5.16 Å². The lowest BCUT2D eigenvalue weighted by Gasteiger charge is -2.38. The zero-order chi connectivity index (χ0) is 13.9. The number of carboxylic acids is 1. The van der Waals surface area contributed by atoms with Gasteiger partial charge >= 0.3 is 5.97 Å². The van der Waals surface area contributed by atoms with Gasteiger partial charge in [-0.15, -0.1) is 0 Å². The number of carbonyl (C=O) groups is 2. The molecular formula is C13H11N3O3S. The Kier molecular flexibility index (Phi) is 2.35. The van der Waals surface area contributed by atoms with Gasteiger partial charge < -0.3 is 9.67 Å². The van der Waals surface area contributed by atoms with Crippen molar-refractivity contribution < 1.29 is 14.7 Å². The minimum absolute atomic E-state index is 0.0973. The molecule has 1 aromatic heterocycles. The third-order valence-corrected chi connectivity index (χ3v) is 4.75. The normalized spacial score (nSPS) is 25.5. The number of nitrogens with zero attached hydrogens (tertiary/aromatic N) is 3. The van der Waals surface area contributed by atoms with Crippen LogP contribution in [-0.4, -0.2) is 43.2 Å². The summed E-state index contributed by atoms with van der Waals surface area (Å²) in [5.74, 6) is -0.223. The number of rotatable bonds is 2. The quantitative estimate of drug-likeness (QED) is 0.648. The molecule has 0 aromatic carbocycles. The largest absolute Gasteiger partial charge is 0.477 e. The molecule has 1 atom stereocenters. The summed E-state index contributed by atoms with van der Waals surface area (Å²) in [6, 6.07) is -0.127. The molecule has 7 heteroatoms.